The number of furan rings is 1. The highest BCUT2D eigenvalue weighted by Crippen LogP contribution is 2.32. The number of amides is 1. The van der Waals surface area contributed by atoms with Gasteiger partial charge in [-0.05, 0) is 38.0 Å². The fraction of sp³-hybridized carbons (Fsp3) is 0.333. The highest BCUT2D eigenvalue weighted by Gasteiger charge is 2.34. The van der Waals surface area contributed by atoms with Gasteiger partial charge < -0.3 is 13.8 Å². The first-order valence-corrected chi connectivity index (χ1v) is 11.7. The maximum absolute atomic E-state index is 13.2. The second-order valence-corrected chi connectivity index (χ2v) is 10.0. The van der Waals surface area contributed by atoms with Crippen molar-refractivity contribution in [2.75, 3.05) is 13.1 Å². The first-order chi connectivity index (χ1) is 14.4. The zero-order valence-corrected chi connectivity index (χ0v) is 17.9. The van der Waals surface area contributed by atoms with E-state index in [1.807, 2.05) is 6.07 Å². The fourth-order valence-electron chi connectivity index (χ4n) is 3.75. The molecule has 1 aliphatic rings. The Hall–Kier alpha value is -2.58. The summed E-state index contributed by atoms with van der Waals surface area (Å²) < 4.78 is 35.8. The molecule has 0 unspecified atom stereocenters. The Balaban J connectivity index is 1.49. The number of aromatic nitrogens is 1. The lowest BCUT2D eigenvalue weighted by Crippen LogP contribution is -2.43. The molecule has 0 saturated carbocycles. The topological polar surface area (TPSA) is 93.6 Å². The minimum absolute atomic E-state index is 0.125. The first-order valence-electron chi connectivity index (χ1n) is 9.61. The van der Waals surface area contributed by atoms with Crippen LogP contribution in [0.25, 0.3) is 11.3 Å². The van der Waals surface area contributed by atoms with Crippen molar-refractivity contribution in [3.8, 4) is 11.3 Å². The Morgan fingerprint density at radius 2 is 1.93 bits per heavy atom. The number of hydrogen-bond donors (Lipinski definition) is 0. The average molecular weight is 449 g/mol. The van der Waals surface area contributed by atoms with Gasteiger partial charge in [-0.15, -0.1) is 0 Å². The smallest absolute Gasteiger partial charge is 0.259 e. The molecule has 1 saturated heterocycles. The van der Waals surface area contributed by atoms with Gasteiger partial charge in [0.25, 0.3) is 5.91 Å². The standard InChI is InChI=1S/C21H21ClN2O5S/c1-14-19(20(23-29-14)17-6-2-3-7-18(17)22)21(25)24-10-8-16(9-11-24)30(26,27)13-15-5-4-12-28-15/h2-7,12,16H,8-11,13H2,1H3. The average Bonchev–Trinajstić information content (AvgIpc) is 3.37. The monoisotopic (exact) mass is 448 g/mol. The van der Waals surface area contributed by atoms with Crippen molar-refractivity contribution in [2.45, 2.75) is 30.8 Å². The van der Waals surface area contributed by atoms with Crippen LogP contribution in [-0.2, 0) is 15.6 Å². The number of carbonyl (C=O) groups is 1. The number of nitrogens with zero attached hydrogens (tertiary/aromatic N) is 2. The molecule has 3 heterocycles. The Kier molecular flexibility index (Phi) is 5.71. The second kappa shape index (κ2) is 8.28. The number of benzene rings is 1. The van der Waals surface area contributed by atoms with E-state index >= 15 is 0 Å². The van der Waals surface area contributed by atoms with Gasteiger partial charge in [-0.1, -0.05) is 35.0 Å². The zero-order chi connectivity index (χ0) is 21.3. The molecule has 9 heteroatoms. The number of hydrogen-bond acceptors (Lipinski definition) is 6. The van der Waals surface area contributed by atoms with Crippen LogP contribution >= 0.6 is 11.6 Å². The SMILES string of the molecule is Cc1onc(-c2ccccc2Cl)c1C(=O)N1CCC(S(=O)(=O)Cc2ccco2)CC1. The van der Waals surface area contributed by atoms with Crippen molar-refractivity contribution >= 4 is 27.3 Å². The molecular weight excluding hydrogens is 428 g/mol. The molecule has 3 aromatic rings. The number of likely N-dealkylation sites (tertiary alicyclic amines) is 1. The summed E-state index contributed by atoms with van der Waals surface area (Å²) in [7, 11) is -3.35. The van der Waals surface area contributed by atoms with E-state index < -0.39 is 15.1 Å². The quantitative estimate of drug-likeness (QED) is 0.582. The number of rotatable bonds is 5. The van der Waals surface area contributed by atoms with Gasteiger partial charge in [0.2, 0.25) is 0 Å². The van der Waals surface area contributed by atoms with Gasteiger partial charge in [0, 0.05) is 18.7 Å². The summed E-state index contributed by atoms with van der Waals surface area (Å²) in [4.78, 5) is 14.9. The normalized spacial score (nSPS) is 15.5. The van der Waals surface area contributed by atoms with Crippen molar-refractivity contribution < 1.29 is 22.2 Å². The second-order valence-electron chi connectivity index (χ2n) is 7.32. The van der Waals surface area contributed by atoms with Crippen LogP contribution in [0.15, 0.2) is 51.6 Å². The molecule has 0 atom stereocenters. The maximum Gasteiger partial charge on any atom is 0.259 e. The predicted octanol–water partition coefficient (Wildman–Crippen LogP) is 4.12. The molecule has 7 nitrogen and oxygen atoms in total. The Morgan fingerprint density at radius 3 is 2.60 bits per heavy atom. The number of piperidine rings is 1. The fourth-order valence-corrected chi connectivity index (χ4v) is 5.70. The largest absolute Gasteiger partial charge is 0.468 e. The van der Waals surface area contributed by atoms with Gasteiger partial charge in [0.1, 0.15) is 28.5 Å². The third-order valence-corrected chi connectivity index (χ3v) is 7.87. The van der Waals surface area contributed by atoms with Crippen molar-refractivity contribution in [2.24, 2.45) is 0 Å². The molecule has 30 heavy (non-hydrogen) atoms. The molecule has 1 aromatic carbocycles. The van der Waals surface area contributed by atoms with Gasteiger partial charge in [-0.3, -0.25) is 4.79 Å². The summed E-state index contributed by atoms with van der Waals surface area (Å²) in [5.74, 6) is 0.478. The third-order valence-electron chi connectivity index (χ3n) is 5.37. The summed E-state index contributed by atoms with van der Waals surface area (Å²) in [6, 6.07) is 10.4. The van der Waals surface area contributed by atoms with E-state index in [-0.39, 0.29) is 11.7 Å². The van der Waals surface area contributed by atoms with Crippen LogP contribution < -0.4 is 0 Å². The molecule has 4 rings (SSSR count). The third kappa shape index (κ3) is 4.02. The summed E-state index contributed by atoms with van der Waals surface area (Å²) in [6.07, 6.45) is 2.21. The molecule has 0 aliphatic carbocycles. The highest BCUT2D eigenvalue weighted by molar-refractivity contribution is 7.91. The molecule has 1 amide bonds. The van der Waals surface area contributed by atoms with Gasteiger partial charge >= 0.3 is 0 Å². The van der Waals surface area contributed by atoms with Crippen LogP contribution in [-0.4, -0.2) is 42.7 Å². The van der Waals surface area contributed by atoms with Crippen molar-refractivity contribution in [3.05, 3.63) is 64.8 Å². The molecule has 0 radical (unpaired) electrons. The van der Waals surface area contributed by atoms with E-state index in [0.29, 0.717) is 59.3 Å². The molecule has 0 spiro atoms. The van der Waals surface area contributed by atoms with Crippen LogP contribution in [0.4, 0.5) is 0 Å². The highest BCUT2D eigenvalue weighted by atomic mass is 35.5. The lowest BCUT2D eigenvalue weighted by molar-refractivity contribution is 0.0724. The van der Waals surface area contributed by atoms with E-state index in [2.05, 4.69) is 5.16 Å². The Bertz CT molecular complexity index is 1150. The molecular formula is C21H21ClN2O5S. The maximum atomic E-state index is 13.2. The molecule has 0 bridgehead atoms. The summed E-state index contributed by atoms with van der Waals surface area (Å²) in [5, 5.41) is 4.02. The van der Waals surface area contributed by atoms with E-state index in [4.69, 9.17) is 20.5 Å². The van der Waals surface area contributed by atoms with Crippen LogP contribution in [0.5, 0.6) is 0 Å². The summed E-state index contributed by atoms with van der Waals surface area (Å²) in [6.45, 7) is 2.36. The van der Waals surface area contributed by atoms with Crippen LogP contribution in [0.2, 0.25) is 5.02 Å². The van der Waals surface area contributed by atoms with E-state index in [1.54, 1.807) is 42.2 Å². The van der Waals surface area contributed by atoms with Crippen LogP contribution in [0, 0.1) is 6.92 Å². The number of sulfone groups is 1. The van der Waals surface area contributed by atoms with Gasteiger partial charge in [0.05, 0.1) is 16.5 Å². The lowest BCUT2D eigenvalue weighted by Gasteiger charge is -2.31. The Labute approximate surface area is 179 Å². The van der Waals surface area contributed by atoms with Gasteiger partial charge in [-0.25, -0.2) is 8.42 Å². The van der Waals surface area contributed by atoms with Gasteiger partial charge in [0.15, 0.2) is 9.84 Å². The molecule has 1 fully saturated rings. The van der Waals surface area contributed by atoms with Crippen molar-refractivity contribution in [3.63, 3.8) is 0 Å². The first kappa shape index (κ1) is 20.7. The Morgan fingerprint density at radius 1 is 1.20 bits per heavy atom. The van der Waals surface area contributed by atoms with Crippen LogP contribution in [0.3, 0.4) is 0 Å². The zero-order valence-electron chi connectivity index (χ0n) is 16.4. The molecule has 0 N–H and O–H groups in total. The molecule has 1 aliphatic heterocycles. The van der Waals surface area contributed by atoms with Crippen LogP contribution in [0.1, 0.15) is 34.7 Å². The van der Waals surface area contributed by atoms with E-state index in [0.717, 1.165) is 0 Å². The van der Waals surface area contributed by atoms with Gasteiger partial charge in [-0.2, -0.15) is 0 Å². The van der Waals surface area contributed by atoms with E-state index in [9.17, 15) is 13.2 Å². The minimum atomic E-state index is -3.35. The summed E-state index contributed by atoms with van der Waals surface area (Å²) >= 11 is 6.28. The lowest BCUT2D eigenvalue weighted by atomic mass is 10.0. The number of aryl methyl sites for hydroxylation is 1. The van der Waals surface area contributed by atoms with Crippen molar-refractivity contribution in [1.82, 2.24) is 10.1 Å². The minimum Gasteiger partial charge on any atom is -0.468 e. The number of halogens is 1. The summed E-state index contributed by atoms with van der Waals surface area (Å²) in [5.41, 5.74) is 1.38. The van der Waals surface area contributed by atoms with E-state index in [1.165, 1.54) is 6.26 Å². The predicted molar refractivity (Wildman–Crippen MR) is 112 cm³/mol. The molecule has 158 valence electrons. The number of carbonyl (C=O) groups excluding carboxylic acids is 1. The molecule has 2 aromatic heterocycles. The van der Waals surface area contributed by atoms with Crippen molar-refractivity contribution in [1.29, 1.82) is 0 Å².